The molecule has 1 N–H and O–H groups in total. The van der Waals surface area contributed by atoms with Crippen molar-refractivity contribution in [3.05, 3.63) is 66.1 Å². The Morgan fingerprint density at radius 1 is 1.16 bits per heavy atom. The van der Waals surface area contributed by atoms with E-state index in [4.69, 9.17) is 0 Å². The maximum Gasteiger partial charge on any atom is 0.243 e. The SMILES string of the molecule is CN(CCc1ccccc1)S(=O)(=O)c1cc(F)c(O)c2ncccc12. The van der Waals surface area contributed by atoms with Gasteiger partial charge < -0.3 is 5.11 Å². The van der Waals surface area contributed by atoms with Gasteiger partial charge in [0.1, 0.15) is 5.52 Å². The van der Waals surface area contributed by atoms with E-state index in [1.807, 2.05) is 30.3 Å². The van der Waals surface area contributed by atoms with Crippen molar-refractivity contribution in [2.75, 3.05) is 13.6 Å². The molecule has 1 aromatic heterocycles. The van der Waals surface area contributed by atoms with Crippen LogP contribution in [-0.4, -0.2) is 36.4 Å². The third-order valence-electron chi connectivity index (χ3n) is 4.03. The van der Waals surface area contributed by atoms with Crippen LogP contribution in [0.2, 0.25) is 0 Å². The molecule has 1 heterocycles. The van der Waals surface area contributed by atoms with E-state index in [9.17, 15) is 17.9 Å². The molecule has 2 aromatic carbocycles. The van der Waals surface area contributed by atoms with Gasteiger partial charge in [0.2, 0.25) is 10.0 Å². The summed E-state index contributed by atoms with van der Waals surface area (Å²) >= 11 is 0. The van der Waals surface area contributed by atoms with Gasteiger partial charge in [-0.15, -0.1) is 0 Å². The summed E-state index contributed by atoms with van der Waals surface area (Å²) in [5, 5.41) is 9.98. The maximum atomic E-state index is 14.0. The smallest absolute Gasteiger partial charge is 0.243 e. The third kappa shape index (κ3) is 3.33. The Hall–Kier alpha value is -2.51. The normalized spacial score (nSPS) is 12.0. The van der Waals surface area contributed by atoms with Gasteiger partial charge in [0.15, 0.2) is 11.6 Å². The number of phenols is 1. The molecule has 0 unspecified atom stereocenters. The van der Waals surface area contributed by atoms with Crippen molar-refractivity contribution >= 4 is 20.9 Å². The van der Waals surface area contributed by atoms with E-state index in [-0.39, 0.29) is 22.3 Å². The number of nitrogens with zero attached hydrogens (tertiary/aromatic N) is 2. The maximum absolute atomic E-state index is 14.0. The Kier molecular flexibility index (Phi) is 4.69. The largest absolute Gasteiger partial charge is 0.503 e. The number of hydrogen-bond acceptors (Lipinski definition) is 4. The molecular formula is C18H17FN2O3S. The monoisotopic (exact) mass is 360 g/mol. The van der Waals surface area contributed by atoms with Crippen LogP contribution in [0.4, 0.5) is 4.39 Å². The first kappa shape index (κ1) is 17.3. The molecule has 0 spiro atoms. The number of pyridine rings is 1. The Morgan fingerprint density at radius 2 is 1.88 bits per heavy atom. The average Bonchev–Trinajstić information content (AvgIpc) is 2.63. The predicted octanol–water partition coefficient (Wildman–Crippen LogP) is 2.94. The summed E-state index contributed by atoms with van der Waals surface area (Å²) in [6, 6.07) is 13.4. The molecule has 0 radical (unpaired) electrons. The number of rotatable bonds is 5. The van der Waals surface area contributed by atoms with Crippen molar-refractivity contribution in [2.24, 2.45) is 0 Å². The fourth-order valence-corrected chi connectivity index (χ4v) is 3.96. The van der Waals surface area contributed by atoms with E-state index in [0.29, 0.717) is 6.42 Å². The Labute approximate surface area is 145 Å². The molecular weight excluding hydrogens is 343 g/mol. The fraction of sp³-hybridized carbons (Fsp3) is 0.167. The summed E-state index contributed by atoms with van der Waals surface area (Å²) in [5.41, 5.74) is 0.936. The van der Waals surface area contributed by atoms with Crippen molar-refractivity contribution < 1.29 is 17.9 Å². The number of fused-ring (bicyclic) bond motifs is 1. The van der Waals surface area contributed by atoms with Gasteiger partial charge in [-0.05, 0) is 30.2 Å². The molecule has 0 bridgehead atoms. The van der Waals surface area contributed by atoms with Gasteiger partial charge in [0.25, 0.3) is 0 Å². The summed E-state index contributed by atoms with van der Waals surface area (Å²) in [7, 11) is -2.48. The number of hydrogen-bond donors (Lipinski definition) is 1. The molecule has 0 aliphatic heterocycles. The van der Waals surface area contributed by atoms with E-state index in [2.05, 4.69) is 4.98 Å². The quantitative estimate of drug-likeness (QED) is 0.759. The molecule has 3 aromatic rings. The lowest BCUT2D eigenvalue weighted by Crippen LogP contribution is -2.29. The van der Waals surface area contributed by atoms with Crippen LogP contribution in [0.25, 0.3) is 10.9 Å². The van der Waals surface area contributed by atoms with Gasteiger partial charge in [0.05, 0.1) is 4.90 Å². The molecule has 130 valence electrons. The molecule has 0 saturated carbocycles. The summed E-state index contributed by atoms with van der Waals surface area (Å²) < 4.78 is 40.9. The number of halogens is 1. The number of likely N-dealkylation sites (N-methyl/N-ethyl adjacent to an activating group) is 1. The van der Waals surface area contributed by atoms with E-state index in [0.717, 1.165) is 11.6 Å². The lowest BCUT2D eigenvalue weighted by Gasteiger charge is -2.19. The molecule has 5 nitrogen and oxygen atoms in total. The Morgan fingerprint density at radius 3 is 2.60 bits per heavy atom. The standard InChI is InChI=1S/C18H17FN2O3S/c1-21(11-9-13-6-3-2-4-7-13)25(23,24)16-12-15(19)18(22)17-14(16)8-5-10-20-17/h2-8,10,12,22H,9,11H2,1H3. The van der Waals surface area contributed by atoms with Crippen LogP contribution in [0.3, 0.4) is 0 Å². The van der Waals surface area contributed by atoms with Crippen LogP contribution in [0.5, 0.6) is 5.75 Å². The van der Waals surface area contributed by atoms with Crippen molar-refractivity contribution in [3.8, 4) is 5.75 Å². The van der Waals surface area contributed by atoms with Gasteiger partial charge in [0, 0.05) is 25.2 Å². The lowest BCUT2D eigenvalue weighted by molar-refractivity contribution is 0.435. The second-order valence-corrected chi connectivity index (χ2v) is 7.68. The first-order valence-corrected chi connectivity index (χ1v) is 9.11. The average molecular weight is 360 g/mol. The highest BCUT2D eigenvalue weighted by atomic mass is 32.2. The number of aromatic hydroxyl groups is 1. The minimum Gasteiger partial charge on any atom is -0.503 e. The topological polar surface area (TPSA) is 70.5 Å². The zero-order valence-corrected chi connectivity index (χ0v) is 14.4. The number of phenolic OH excluding ortho intramolecular Hbond substituents is 1. The van der Waals surface area contributed by atoms with E-state index in [1.165, 1.54) is 23.6 Å². The number of sulfonamides is 1. The zero-order valence-electron chi connectivity index (χ0n) is 13.6. The minimum absolute atomic E-state index is 0.0717. The van der Waals surface area contributed by atoms with Crippen LogP contribution < -0.4 is 0 Å². The van der Waals surface area contributed by atoms with E-state index in [1.54, 1.807) is 6.07 Å². The van der Waals surface area contributed by atoms with Crippen LogP contribution in [-0.2, 0) is 16.4 Å². The number of benzene rings is 2. The summed E-state index contributed by atoms with van der Waals surface area (Å²) in [6.45, 7) is 0.247. The number of aromatic nitrogens is 1. The Bertz CT molecular complexity index is 1010. The van der Waals surface area contributed by atoms with Gasteiger partial charge >= 0.3 is 0 Å². The van der Waals surface area contributed by atoms with Gasteiger partial charge in [-0.3, -0.25) is 4.98 Å². The second kappa shape index (κ2) is 6.78. The first-order valence-electron chi connectivity index (χ1n) is 7.67. The van der Waals surface area contributed by atoms with Crippen LogP contribution in [0, 0.1) is 5.82 Å². The van der Waals surface area contributed by atoms with Crippen molar-refractivity contribution in [2.45, 2.75) is 11.3 Å². The van der Waals surface area contributed by atoms with Crippen LogP contribution >= 0.6 is 0 Å². The predicted molar refractivity (Wildman–Crippen MR) is 93.3 cm³/mol. The lowest BCUT2D eigenvalue weighted by atomic mass is 10.2. The molecule has 3 rings (SSSR count). The first-order chi connectivity index (χ1) is 11.9. The van der Waals surface area contributed by atoms with E-state index < -0.39 is 21.6 Å². The highest BCUT2D eigenvalue weighted by Crippen LogP contribution is 2.32. The molecule has 0 aliphatic rings. The molecule has 25 heavy (non-hydrogen) atoms. The minimum atomic E-state index is -3.93. The van der Waals surface area contributed by atoms with Gasteiger partial charge in [-0.25, -0.2) is 17.1 Å². The van der Waals surface area contributed by atoms with Gasteiger partial charge in [-0.2, -0.15) is 0 Å². The zero-order chi connectivity index (χ0) is 18.0. The molecule has 0 aliphatic carbocycles. The highest BCUT2D eigenvalue weighted by Gasteiger charge is 2.26. The Balaban J connectivity index is 1.97. The molecule has 0 fully saturated rings. The molecule has 0 amide bonds. The second-order valence-electron chi connectivity index (χ2n) is 5.67. The fourth-order valence-electron chi connectivity index (χ4n) is 2.60. The summed E-state index contributed by atoms with van der Waals surface area (Å²) in [5.74, 6) is -1.66. The van der Waals surface area contributed by atoms with Gasteiger partial charge in [-0.1, -0.05) is 30.3 Å². The molecule has 0 atom stereocenters. The summed E-state index contributed by atoms with van der Waals surface area (Å²) in [4.78, 5) is 3.69. The van der Waals surface area contributed by atoms with Crippen LogP contribution in [0.1, 0.15) is 5.56 Å². The summed E-state index contributed by atoms with van der Waals surface area (Å²) in [6.07, 6.45) is 1.91. The van der Waals surface area contributed by atoms with Crippen molar-refractivity contribution in [1.29, 1.82) is 0 Å². The van der Waals surface area contributed by atoms with Crippen LogP contribution in [0.15, 0.2) is 59.6 Å². The van der Waals surface area contributed by atoms with Crippen molar-refractivity contribution in [3.63, 3.8) is 0 Å². The highest BCUT2D eigenvalue weighted by molar-refractivity contribution is 7.89. The third-order valence-corrected chi connectivity index (χ3v) is 5.92. The van der Waals surface area contributed by atoms with Crippen molar-refractivity contribution in [1.82, 2.24) is 9.29 Å². The molecule has 7 heteroatoms. The molecule has 0 saturated heterocycles. The van der Waals surface area contributed by atoms with E-state index >= 15 is 0 Å².